The topological polar surface area (TPSA) is 185 Å². The second-order valence-electron chi connectivity index (χ2n) is 8.33. The van der Waals surface area contributed by atoms with E-state index in [1.165, 1.54) is 97.1 Å². The SMILES string of the molecule is O=C(O)c1cccc(I(OP(=O)(F)OI(c2cccc(C(=O)O)c2)c2cccc(C(=O)O)c2)c2cccc(C(=O)O)c2)c1. The molecule has 224 valence electrons. The number of aromatic carboxylic acids is 4. The van der Waals surface area contributed by atoms with Gasteiger partial charge in [0.15, 0.2) is 0 Å². The average Bonchev–Trinajstić information content (AvgIpc) is 2.99. The first-order chi connectivity index (χ1) is 20.3. The summed E-state index contributed by atoms with van der Waals surface area (Å²) in [5.41, 5.74) is -0.678. The van der Waals surface area contributed by atoms with Gasteiger partial charge in [-0.25, -0.2) is 0 Å². The van der Waals surface area contributed by atoms with Gasteiger partial charge in [0.05, 0.1) is 0 Å². The number of rotatable bonds is 12. The van der Waals surface area contributed by atoms with Crippen LogP contribution in [0.3, 0.4) is 0 Å². The standard InChI is InChI=1S/C28H20FI2O11P/c29-43(40,41-30(21-9-1-5-17(13-21)25(32)33)22-10-2-6-18(14-22)26(34)35)42-31(23-11-3-7-19(15-23)27(36)37)24-12-4-8-20(16-24)28(38)39/h1-16H,(H,32,33)(H,34,35)(H,36,37)(H,38,39). The third kappa shape index (κ3) is 8.23. The quantitative estimate of drug-likeness (QED) is 0.0835. The molecule has 0 aliphatic heterocycles. The van der Waals surface area contributed by atoms with E-state index in [0.29, 0.717) is 0 Å². The van der Waals surface area contributed by atoms with Crippen molar-refractivity contribution in [2.75, 3.05) is 0 Å². The van der Waals surface area contributed by atoms with Gasteiger partial charge in [-0.2, -0.15) is 0 Å². The second-order valence-corrected chi connectivity index (χ2v) is 19.7. The van der Waals surface area contributed by atoms with Crippen LogP contribution in [0, 0.1) is 14.3 Å². The molecule has 0 aromatic heterocycles. The predicted octanol–water partition coefficient (Wildman–Crippen LogP) is 7.21. The van der Waals surface area contributed by atoms with Crippen molar-refractivity contribution in [2.45, 2.75) is 0 Å². The predicted molar refractivity (Wildman–Crippen MR) is 167 cm³/mol. The molecule has 4 N–H and O–H groups in total. The molecule has 4 aromatic carbocycles. The summed E-state index contributed by atoms with van der Waals surface area (Å²) >= 11 is -7.41. The summed E-state index contributed by atoms with van der Waals surface area (Å²) < 4.78 is 41.4. The van der Waals surface area contributed by atoms with Crippen LogP contribution in [0.15, 0.2) is 97.1 Å². The summed E-state index contributed by atoms with van der Waals surface area (Å²) in [4.78, 5) is 46.5. The van der Waals surface area contributed by atoms with Crippen LogP contribution in [0.2, 0.25) is 0 Å². The number of hydrogen-bond donors (Lipinski definition) is 4. The summed E-state index contributed by atoms with van der Waals surface area (Å²) in [6.07, 6.45) is 0. The first kappa shape index (κ1) is 32.2. The molecule has 0 radical (unpaired) electrons. The molecule has 4 aromatic rings. The van der Waals surface area contributed by atoms with E-state index in [9.17, 15) is 44.2 Å². The summed E-state index contributed by atoms with van der Waals surface area (Å²) in [6.45, 7) is 0. The van der Waals surface area contributed by atoms with E-state index in [2.05, 4.69) is 0 Å². The van der Waals surface area contributed by atoms with Gasteiger partial charge in [-0.3, -0.25) is 0 Å². The summed E-state index contributed by atoms with van der Waals surface area (Å²) in [6, 6.07) is 21.3. The van der Waals surface area contributed by atoms with E-state index in [1.807, 2.05) is 0 Å². The van der Waals surface area contributed by atoms with E-state index in [1.54, 1.807) is 0 Å². The monoisotopic (exact) mass is 836 g/mol. The van der Waals surface area contributed by atoms with E-state index >= 15 is 4.20 Å². The molecule has 0 amide bonds. The number of carbonyl (C=O) groups is 4. The molecule has 0 aliphatic rings. The van der Waals surface area contributed by atoms with Crippen molar-refractivity contribution in [1.82, 2.24) is 0 Å². The molecule has 0 saturated heterocycles. The molecule has 0 spiro atoms. The molecule has 43 heavy (non-hydrogen) atoms. The zero-order chi connectivity index (χ0) is 31.3. The van der Waals surface area contributed by atoms with E-state index in [-0.39, 0.29) is 36.5 Å². The molecule has 0 fully saturated rings. The van der Waals surface area contributed by atoms with E-state index < -0.39 is 72.3 Å². The summed E-state index contributed by atoms with van der Waals surface area (Å²) in [5, 5.41) is 37.9. The second kappa shape index (κ2) is 13.7. The van der Waals surface area contributed by atoms with Crippen LogP contribution < -0.4 is 0 Å². The minimum absolute atomic E-state index is 0.170. The van der Waals surface area contributed by atoms with Crippen LogP contribution in [-0.4, -0.2) is 44.3 Å². The van der Waals surface area contributed by atoms with Crippen LogP contribution in [0.1, 0.15) is 41.4 Å². The third-order valence-electron chi connectivity index (χ3n) is 5.38. The average molecular weight is 836 g/mol. The first-order valence-electron chi connectivity index (χ1n) is 11.8. The molecule has 0 bridgehead atoms. The van der Waals surface area contributed by atoms with Crippen molar-refractivity contribution >= 4 is 72.3 Å². The van der Waals surface area contributed by atoms with Gasteiger partial charge in [-0.05, 0) is 0 Å². The molecular weight excluding hydrogens is 816 g/mol. The molecule has 0 saturated carbocycles. The van der Waals surface area contributed by atoms with Crippen molar-refractivity contribution in [3.63, 3.8) is 0 Å². The number of halogens is 3. The van der Waals surface area contributed by atoms with E-state index in [0.717, 1.165) is 0 Å². The van der Waals surface area contributed by atoms with Crippen LogP contribution in [0.25, 0.3) is 0 Å². The van der Waals surface area contributed by atoms with Gasteiger partial charge in [-0.1, -0.05) is 0 Å². The van der Waals surface area contributed by atoms with Gasteiger partial charge in [0, 0.05) is 0 Å². The number of benzene rings is 4. The van der Waals surface area contributed by atoms with Gasteiger partial charge in [0.2, 0.25) is 0 Å². The van der Waals surface area contributed by atoms with Gasteiger partial charge in [-0.15, -0.1) is 0 Å². The zero-order valence-corrected chi connectivity index (χ0v) is 26.7. The molecule has 0 heterocycles. The fraction of sp³-hybridized carbons (Fsp3) is 0. The Balaban J connectivity index is 1.81. The normalized spacial score (nSPS) is 11.8. The van der Waals surface area contributed by atoms with Crippen molar-refractivity contribution in [1.29, 1.82) is 0 Å². The van der Waals surface area contributed by atoms with Gasteiger partial charge < -0.3 is 0 Å². The number of carboxylic acids is 4. The van der Waals surface area contributed by atoms with Crippen molar-refractivity contribution in [3.05, 3.63) is 134 Å². The summed E-state index contributed by atoms with van der Waals surface area (Å²) in [7, 11) is -5.57. The molecule has 0 unspecified atom stereocenters. The fourth-order valence-electron chi connectivity index (χ4n) is 3.50. The Bertz CT molecular complexity index is 1540. The van der Waals surface area contributed by atoms with Crippen LogP contribution in [0.5, 0.6) is 0 Å². The Morgan fingerprint density at radius 1 is 0.512 bits per heavy atom. The molecule has 11 nitrogen and oxygen atoms in total. The maximum absolute atomic E-state index is 16.1. The summed E-state index contributed by atoms with van der Waals surface area (Å²) in [5.74, 6) is -5.16. The third-order valence-corrected chi connectivity index (χ3v) is 18.4. The van der Waals surface area contributed by atoms with Gasteiger partial charge in [0.25, 0.3) is 0 Å². The fourth-order valence-corrected chi connectivity index (χ4v) is 17.2. The molecule has 0 aliphatic carbocycles. The van der Waals surface area contributed by atoms with Crippen LogP contribution >= 0.6 is 48.4 Å². The molecule has 15 heteroatoms. The molecule has 4 rings (SSSR count). The van der Waals surface area contributed by atoms with Crippen molar-refractivity contribution in [2.24, 2.45) is 0 Å². The minimum atomic E-state index is -5.57. The Morgan fingerprint density at radius 2 is 0.744 bits per heavy atom. The van der Waals surface area contributed by atoms with Gasteiger partial charge >= 0.3 is 260 Å². The Morgan fingerprint density at radius 3 is 0.953 bits per heavy atom. The number of hydrogen-bond acceptors (Lipinski definition) is 7. The molecule has 0 atom stereocenters. The van der Waals surface area contributed by atoms with Crippen LogP contribution in [0.4, 0.5) is 4.20 Å². The zero-order valence-electron chi connectivity index (χ0n) is 21.5. The first-order valence-corrected chi connectivity index (χ1v) is 19.3. The Hall–Kier alpha value is -3.70. The van der Waals surface area contributed by atoms with Crippen molar-refractivity contribution in [3.8, 4) is 0 Å². The maximum atomic E-state index is 16.1. The number of carboxylic acid groups (broad SMARTS) is 4. The van der Waals surface area contributed by atoms with Crippen LogP contribution in [-0.2, 0) is 10.3 Å². The Kier molecular flexibility index (Phi) is 10.3. The molecular formula is C28H20FI2O11P. The Labute approximate surface area is 258 Å². The van der Waals surface area contributed by atoms with Gasteiger partial charge in [0.1, 0.15) is 0 Å². The van der Waals surface area contributed by atoms with E-state index in [4.69, 9.17) is 5.71 Å². The van der Waals surface area contributed by atoms with Crippen molar-refractivity contribution < 1.29 is 54.1 Å².